The van der Waals surface area contributed by atoms with Gasteiger partial charge in [0.2, 0.25) is 0 Å². The van der Waals surface area contributed by atoms with Crippen molar-refractivity contribution in [3.05, 3.63) is 40.6 Å². The van der Waals surface area contributed by atoms with E-state index in [1.807, 2.05) is 13.8 Å². The van der Waals surface area contributed by atoms with E-state index in [0.717, 1.165) is 11.2 Å². The van der Waals surface area contributed by atoms with Crippen LogP contribution < -0.4 is 0 Å². The molecule has 0 fully saturated rings. The van der Waals surface area contributed by atoms with Gasteiger partial charge in [0, 0.05) is 12.5 Å². The maximum absolute atomic E-state index is 5.13. The number of methoxy groups -OCH3 is 1. The van der Waals surface area contributed by atoms with Gasteiger partial charge < -0.3 is 4.74 Å². The fourth-order valence-electron chi connectivity index (χ4n) is 2.13. The average Bonchev–Trinajstić information content (AvgIpc) is 2.34. The van der Waals surface area contributed by atoms with E-state index >= 15 is 0 Å². The highest BCUT2D eigenvalue weighted by Crippen LogP contribution is 2.23. The normalized spacial score (nSPS) is 10.1. The lowest BCUT2D eigenvalue weighted by atomic mass is 10.0. The number of hydrogen-bond donors (Lipinski definition) is 0. The summed E-state index contributed by atoms with van der Waals surface area (Å²) < 4.78 is 5.13. The molecule has 1 aromatic carbocycles. The Bertz CT molecular complexity index is 532. The number of rotatable bonds is 2. The van der Waals surface area contributed by atoms with Crippen LogP contribution >= 0.6 is 0 Å². The van der Waals surface area contributed by atoms with Crippen LogP contribution in [0.25, 0.3) is 10.9 Å². The van der Waals surface area contributed by atoms with Crippen molar-refractivity contribution < 1.29 is 4.74 Å². The fraction of sp³-hybridized carbons (Fsp3) is 0.438. The van der Waals surface area contributed by atoms with Crippen molar-refractivity contribution in [2.45, 2.75) is 41.2 Å². The fourth-order valence-corrected chi connectivity index (χ4v) is 2.13. The summed E-state index contributed by atoms with van der Waals surface area (Å²) in [6, 6.07) is 6.47. The van der Waals surface area contributed by atoms with E-state index in [1.54, 1.807) is 7.11 Å². The summed E-state index contributed by atoms with van der Waals surface area (Å²) >= 11 is 0. The molecule has 0 saturated heterocycles. The molecular formula is C16H23NO. The van der Waals surface area contributed by atoms with Gasteiger partial charge in [0.15, 0.2) is 0 Å². The van der Waals surface area contributed by atoms with Crippen LogP contribution in [0.5, 0.6) is 0 Å². The average molecular weight is 245 g/mol. The molecule has 2 rings (SSSR count). The van der Waals surface area contributed by atoms with Crippen LogP contribution in [0.15, 0.2) is 18.2 Å². The highest BCUT2D eigenvalue weighted by molar-refractivity contribution is 5.85. The van der Waals surface area contributed by atoms with Crippen LogP contribution in [0.1, 0.15) is 36.2 Å². The van der Waals surface area contributed by atoms with Crippen LogP contribution in [-0.4, -0.2) is 12.1 Å². The second kappa shape index (κ2) is 6.50. The van der Waals surface area contributed by atoms with Crippen LogP contribution in [0.4, 0.5) is 0 Å². The summed E-state index contributed by atoms with van der Waals surface area (Å²) in [5, 5.41) is 1.25. The number of aromatic nitrogens is 1. The molecule has 2 nitrogen and oxygen atoms in total. The maximum Gasteiger partial charge on any atom is 0.0884 e. The standard InChI is InChI=1S/C14H17NO.C2H6/c1-9-5-11(3)14-13(6-9)10(2)7-12(15-14)8-16-4;1-2/h5-7H,8H2,1-4H3;1-2H3. The van der Waals surface area contributed by atoms with Crippen LogP contribution in [0, 0.1) is 20.8 Å². The molecular weight excluding hydrogens is 222 g/mol. The lowest BCUT2D eigenvalue weighted by Crippen LogP contribution is -1.96. The van der Waals surface area contributed by atoms with Gasteiger partial charge in [-0.05, 0) is 44.0 Å². The summed E-state index contributed by atoms with van der Waals surface area (Å²) in [5.74, 6) is 0. The molecule has 0 N–H and O–H groups in total. The van der Waals surface area contributed by atoms with Crippen molar-refractivity contribution in [2.75, 3.05) is 7.11 Å². The van der Waals surface area contributed by atoms with Gasteiger partial charge in [-0.15, -0.1) is 0 Å². The second-order valence-electron chi connectivity index (χ2n) is 4.34. The topological polar surface area (TPSA) is 22.1 Å². The molecule has 1 heterocycles. The number of fused-ring (bicyclic) bond motifs is 1. The van der Waals surface area contributed by atoms with Crippen molar-refractivity contribution in [2.24, 2.45) is 0 Å². The third-order valence-electron chi connectivity index (χ3n) is 2.80. The molecule has 0 unspecified atom stereocenters. The highest BCUT2D eigenvalue weighted by atomic mass is 16.5. The summed E-state index contributed by atoms with van der Waals surface area (Å²) in [6.07, 6.45) is 0. The third kappa shape index (κ3) is 3.08. The van der Waals surface area contributed by atoms with E-state index in [4.69, 9.17) is 4.74 Å². The minimum absolute atomic E-state index is 0.574. The molecule has 0 aliphatic rings. The van der Waals surface area contributed by atoms with E-state index in [0.29, 0.717) is 6.61 Å². The first-order chi connectivity index (χ1) is 8.61. The molecule has 18 heavy (non-hydrogen) atoms. The van der Waals surface area contributed by atoms with Gasteiger partial charge in [-0.2, -0.15) is 0 Å². The Hall–Kier alpha value is -1.41. The van der Waals surface area contributed by atoms with Crippen molar-refractivity contribution in [1.82, 2.24) is 4.98 Å². The molecule has 2 aromatic rings. The Balaban J connectivity index is 0.000000771. The predicted molar refractivity (Wildman–Crippen MR) is 78.0 cm³/mol. The quantitative estimate of drug-likeness (QED) is 0.785. The van der Waals surface area contributed by atoms with Gasteiger partial charge in [0.1, 0.15) is 0 Å². The van der Waals surface area contributed by atoms with Gasteiger partial charge in [-0.3, -0.25) is 4.98 Å². The van der Waals surface area contributed by atoms with Gasteiger partial charge in [-0.25, -0.2) is 0 Å². The number of ether oxygens (including phenoxy) is 1. The van der Waals surface area contributed by atoms with Crippen molar-refractivity contribution in [3.8, 4) is 0 Å². The second-order valence-corrected chi connectivity index (χ2v) is 4.34. The highest BCUT2D eigenvalue weighted by Gasteiger charge is 2.05. The zero-order valence-electron chi connectivity index (χ0n) is 12.3. The molecule has 1 aromatic heterocycles. The minimum atomic E-state index is 0.574. The molecule has 0 atom stereocenters. The summed E-state index contributed by atoms with van der Waals surface area (Å²) in [7, 11) is 1.70. The van der Waals surface area contributed by atoms with Gasteiger partial charge >= 0.3 is 0 Å². The Labute approximate surface area is 110 Å². The van der Waals surface area contributed by atoms with Crippen molar-refractivity contribution in [1.29, 1.82) is 0 Å². The van der Waals surface area contributed by atoms with E-state index in [1.165, 1.54) is 22.1 Å². The smallest absolute Gasteiger partial charge is 0.0884 e. The van der Waals surface area contributed by atoms with E-state index in [9.17, 15) is 0 Å². The molecule has 0 amide bonds. The summed E-state index contributed by atoms with van der Waals surface area (Å²) in [6.45, 7) is 10.9. The molecule has 0 aliphatic carbocycles. The first kappa shape index (κ1) is 14.7. The molecule has 2 heteroatoms. The Morgan fingerprint density at radius 2 is 1.67 bits per heavy atom. The summed E-state index contributed by atoms with van der Waals surface area (Å²) in [4.78, 5) is 4.64. The molecule has 0 saturated carbocycles. The number of nitrogens with zero attached hydrogens (tertiary/aromatic N) is 1. The number of aryl methyl sites for hydroxylation is 3. The first-order valence-corrected chi connectivity index (χ1v) is 6.48. The SMILES string of the molecule is CC.COCc1cc(C)c2cc(C)cc(C)c2n1. The van der Waals surface area contributed by atoms with Crippen LogP contribution in [0.3, 0.4) is 0 Å². The zero-order valence-corrected chi connectivity index (χ0v) is 12.3. The maximum atomic E-state index is 5.13. The molecule has 0 bridgehead atoms. The van der Waals surface area contributed by atoms with Crippen molar-refractivity contribution >= 4 is 10.9 Å². The first-order valence-electron chi connectivity index (χ1n) is 6.48. The Kier molecular flexibility index (Phi) is 5.29. The largest absolute Gasteiger partial charge is 0.378 e. The minimum Gasteiger partial charge on any atom is -0.378 e. The van der Waals surface area contributed by atoms with Gasteiger partial charge in [0.25, 0.3) is 0 Å². The lowest BCUT2D eigenvalue weighted by molar-refractivity contribution is 0.182. The monoisotopic (exact) mass is 245 g/mol. The lowest BCUT2D eigenvalue weighted by Gasteiger charge is -2.09. The van der Waals surface area contributed by atoms with Gasteiger partial charge in [-0.1, -0.05) is 25.5 Å². The number of hydrogen-bond acceptors (Lipinski definition) is 2. The van der Waals surface area contributed by atoms with Crippen molar-refractivity contribution in [3.63, 3.8) is 0 Å². The van der Waals surface area contributed by atoms with Crippen LogP contribution in [-0.2, 0) is 11.3 Å². The zero-order chi connectivity index (χ0) is 13.7. The molecule has 0 spiro atoms. The molecule has 0 radical (unpaired) electrons. The summed E-state index contributed by atoms with van der Waals surface area (Å²) in [5.41, 5.74) is 5.88. The van der Waals surface area contributed by atoms with Crippen LogP contribution in [0.2, 0.25) is 0 Å². The molecule has 0 aliphatic heterocycles. The third-order valence-corrected chi connectivity index (χ3v) is 2.80. The molecule has 98 valence electrons. The predicted octanol–water partition coefficient (Wildman–Crippen LogP) is 4.33. The van der Waals surface area contributed by atoms with E-state index in [-0.39, 0.29) is 0 Å². The number of pyridine rings is 1. The Morgan fingerprint density at radius 3 is 2.28 bits per heavy atom. The Morgan fingerprint density at radius 1 is 1.00 bits per heavy atom. The van der Waals surface area contributed by atoms with E-state index < -0.39 is 0 Å². The number of benzene rings is 1. The van der Waals surface area contributed by atoms with Gasteiger partial charge in [0.05, 0.1) is 17.8 Å². The van der Waals surface area contributed by atoms with E-state index in [2.05, 4.69) is 44.0 Å².